The summed E-state index contributed by atoms with van der Waals surface area (Å²) < 4.78 is 0. The lowest BCUT2D eigenvalue weighted by molar-refractivity contribution is 0.593. The first kappa shape index (κ1) is 11.7. The number of nitrogens with zero attached hydrogens (tertiary/aromatic N) is 1. The van der Waals surface area contributed by atoms with E-state index in [2.05, 4.69) is 24.1 Å². The number of fused-ring (bicyclic) bond motifs is 1. The number of nitrogen functional groups attached to an aromatic ring is 1. The molecule has 0 amide bonds. The van der Waals surface area contributed by atoms with Crippen LogP contribution in [-0.4, -0.2) is 11.5 Å². The zero-order chi connectivity index (χ0) is 12.3. The first-order chi connectivity index (χ1) is 8.22. The number of benzene rings is 1. The molecule has 0 aliphatic carbocycles. The molecular formula is C14H19N3. The van der Waals surface area contributed by atoms with Gasteiger partial charge in [0.05, 0.1) is 16.9 Å². The van der Waals surface area contributed by atoms with Gasteiger partial charge in [0, 0.05) is 18.1 Å². The van der Waals surface area contributed by atoms with E-state index < -0.39 is 0 Å². The van der Waals surface area contributed by atoms with E-state index in [0.29, 0.717) is 5.92 Å². The Kier molecular flexibility index (Phi) is 3.47. The molecule has 0 radical (unpaired) electrons. The van der Waals surface area contributed by atoms with Crippen molar-refractivity contribution in [2.24, 2.45) is 5.92 Å². The van der Waals surface area contributed by atoms with Gasteiger partial charge in [-0.1, -0.05) is 20.3 Å². The molecule has 1 aromatic carbocycles. The minimum absolute atomic E-state index is 0.652. The molecule has 17 heavy (non-hydrogen) atoms. The van der Waals surface area contributed by atoms with Gasteiger partial charge in [-0.05, 0) is 30.2 Å². The van der Waals surface area contributed by atoms with Gasteiger partial charge >= 0.3 is 0 Å². The van der Waals surface area contributed by atoms with Gasteiger partial charge in [-0.2, -0.15) is 0 Å². The predicted octanol–water partition coefficient (Wildman–Crippen LogP) is 3.28. The number of nitrogens with one attached hydrogen (secondary N) is 1. The van der Waals surface area contributed by atoms with Crippen LogP contribution < -0.4 is 11.1 Å². The molecule has 3 N–H and O–H groups in total. The van der Waals surface area contributed by atoms with Crippen LogP contribution >= 0.6 is 0 Å². The normalized spacial score (nSPS) is 12.6. The lowest BCUT2D eigenvalue weighted by Gasteiger charge is -2.14. The van der Waals surface area contributed by atoms with E-state index in [1.807, 2.05) is 24.3 Å². The second kappa shape index (κ2) is 5.04. The molecule has 3 nitrogen and oxygen atoms in total. The van der Waals surface area contributed by atoms with Crippen molar-refractivity contribution < 1.29 is 0 Å². The SMILES string of the molecule is CCC(C)CNc1ccc2ncccc2c1N. The minimum Gasteiger partial charge on any atom is -0.397 e. The van der Waals surface area contributed by atoms with Gasteiger partial charge in [-0.25, -0.2) is 0 Å². The third-order valence-corrected chi connectivity index (χ3v) is 3.16. The Labute approximate surface area is 102 Å². The van der Waals surface area contributed by atoms with Crippen LogP contribution in [0.25, 0.3) is 10.9 Å². The largest absolute Gasteiger partial charge is 0.397 e. The topological polar surface area (TPSA) is 50.9 Å². The number of nitrogens with two attached hydrogens (primary N) is 1. The van der Waals surface area contributed by atoms with Crippen molar-refractivity contribution in [3.05, 3.63) is 30.5 Å². The van der Waals surface area contributed by atoms with E-state index in [1.165, 1.54) is 6.42 Å². The van der Waals surface area contributed by atoms with Crippen molar-refractivity contribution in [1.29, 1.82) is 0 Å². The van der Waals surface area contributed by atoms with Gasteiger partial charge in [-0.15, -0.1) is 0 Å². The van der Waals surface area contributed by atoms with Crippen LogP contribution in [0.2, 0.25) is 0 Å². The summed E-state index contributed by atoms with van der Waals surface area (Å²) in [5.41, 5.74) is 8.88. The number of aromatic nitrogens is 1. The molecule has 0 saturated heterocycles. The van der Waals surface area contributed by atoms with E-state index in [1.54, 1.807) is 6.20 Å². The van der Waals surface area contributed by atoms with Crippen LogP contribution in [-0.2, 0) is 0 Å². The Hall–Kier alpha value is -1.77. The number of pyridine rings is 1. The Morgan fingerprint density at radius 1 is 1.35 bits per heavy atom. The molecule has 0 aliphatic heterocycles. The van der Waals surface area contributed by atoms with E-state index in [9.17, 15) is 0 Å². The Bertz CT molecular complexity index is 508. The molecule has 1 aromatic heterocycles. The summed E-state index contributed by atoms with van der Waals surface area (Å²) in [5.74, 6) is 0.652. The summed E-state index contributed by atoms with van der Waals surface area (Å²) in [6.45, 7) is 5.37. The van der Waals surface area contributed by atoms with Crippen molar-refractivity contribution >= 4 is 22.3 Å². The molecule has 0 aliphatic rings. The molecule has 2 aromatic rings. The van der Waals surface area contributed by atoms with Gasteiger partial charge in [0.25, 0.3) is 0 Å². The molecule has 3 heteroatoms. The molecule has 0 saturated carbocycles. The van der Waals surface area contributed by atoms with E-state index in [0.717, 1.165) is 28.8 Å². The van der Waals surface area contributed by atoms with Crippen LogP contribution in [0.3, 0.4) is 0 Å². The van der Waals surface area contributed by atoms with Crippen molar-refractivity contribution in [3.63, 3.8) is 0 Å². The lowest BCUT2D eigenvalue weighted by atomic mass is 10.1. The molecule has 90 valence electrons. The molecular weight excluding hydrogens is 210 g/mol. The monoisotopic (exact) mass is 229 g/mol. The van der Waals surface area contributed by atoms with Gasteiger partial charge in [-0.3, -0.25) is 4.98 Å². The number of anilines is 2. The smallest absolute Gasteiger partial charge is 0.0724 e. The summed E-state index contributed by atoms with van der Waals surface area (Å²) in [6.07, 6.45) is 2.95. The average Bonchev–Trinajstić information content (AvgIpc) is 2.38. The Morgan fingerprint density at radius 2 is 2.18 bits per heavy atom. The van der Waals surface area contributed by atoms with Gasteiger partial charge in [0.1, 0.15) is 0 Å². The highest BCUT2D eigenvalue weighted by molar-refractivity contribution is 5.96. The van der Waals surface area contributed by atoms with Crippen LogP contribution in [0.5, 0.6) is 0 Å². The molecule has 0 bridgehead atoms. The molecule has 0 fully saturated rings. The fraction of sp³-hybridized carbons (Fsp3) is 0.357. The third-order valence-electron chi connectivity index (χ3n) is 3.16. The van der Waals surface area contributed by atoms with Gasteiger partial charge in [0.15, 0.2) is 0 Å². The average molecular weight is 229 g/mol. The number of hydrogen-bond acceptors (Lipinski definition) is 3. The fourth-order valence-corrected chi connectivity index (χ4v) is 1.76. The molecule has 0 spiro atoms. The lowest BCUT2D eigenvalue weighted by Crippen LogP contribution is -2.11. The second-order valence-corrected chi connectivity index (χ2v) is 4.49. The minimum atomic E-state index is 0.652. The number of rotatable bonds is 4. The van der Waals surface area contributed by atoms with Gasteiger partial charge in [0.2, 0.25) is 0 Å². The zero-order valence-electron chi connectivity index (χ0n) is 10.4. The van der Waals surface area contributed by atoms with E-state index >= 15 is 0 Å². The molecule has 1 heterocycles. The molecule has 1 atom stereocenters. The quantitative estimate of drug-likeness (QED) is 0.791. The highest BCUT2D eigenvalue weighted by Gasteiger charge is 2.05. The van der Waals surface area contributed by atoms with Crippen LogP contribution in [0.1, 0.15) is 20.3 Å². The van der Waals surface area contributed by atoms with E-state index in [-0.39, 0.29) is 0 Å². The summed E-state index contributed by atoms with van der Waals surface area (Å²) in [5, 5.41) is 4.42. The summed E-state index contributed by atoms with van der Waals surface area (Å²) in [7, 11) is 0. The van der Waals surface area contributed by atoms with E-state index in [4.69, 9.17) is 5.73 Å². The van der Waals surface area contributed by atoms with Crippen LogP contribution in [0.4, 0.5) is 11.4 Å². The van der Waals surface area contributed by atoms with Crippen molar-refractivity contribution in [2.75, 3.05) is 17.6 Å². The van der Waals surface area contributed by atoms with Crippen molar-refractivity contribution in [1.82, 2.24) is 4.98 Å². The fourth-order valence-electron chi connectivity index (χ4n) is 1.76. The van der Waals surface area contributed by atoms with Crippen LogP contribution in [0.15, 0.2) is 30.5 Å². The standard InChI is InChI=1S/C14H19N3/c1-3-10(2)9-17-13-7-6-12-11(14(13)15)5-4-8-16-12/h4-8,10,17H,3,9,15H2,1-2H3. The highest BCUT2D eigenvalue weighted by Crippen LogP contribution is 2.27. The second-order valence-electron chi connectivity index (χ2n) is 4.49. The third kappa shape index (κ3) is 2.49. The maximum atomic E-state index is 6.14. The van der Waals surface area contributed by atoms with Crippen LogP contribution in [0, 0.1) is 5.92 Å². The van der Waals surface area contributed by atoms with Gasteiger partial charge < -0.3 is 11.1 Å². The van der Waals surface area contributed by atoms with Crippen molar-refractivity contribution in [3.8, 4) is 0 Å². The first-order valence-electron chi connectivity index (χ1n) is 6.09. The van der Waals surface area contributed by atoms with Crippen molar-refractivity contribution in [2.45, 2.75) is 20.3 Å². The summed E-state index contributed by atoms with van der Waals surface area (Å²) >= 11 is 0. The Balaban J connectivity index is 2.26. The maximum Gasteiger partial charge on any atom is 0.0724 e. The summed E-state index contributed by atoms with van der Waals surface area (Å²) in [6, 6.07) is 7.93. The number of hydrogen-bond donors (Lipinski definition) is 2. The predicted molar refractivity (Wildman–Crippen MR) is 74.1 cm³/mol. The Morgan fingerprint density at radius 3 is 2.94 bits per heavy atom. The zero-order valence-corrected chi connectivity index (χ0v) is 10.4. The molecule has 2 rings (SSSR count). The molecule has 1 unspecified atom stereocenters. The maximum absolute atomic E-state index is 6.14. The first-order valence-corrected chi connectivity index (χ1v) is 6.09. The summed E-state index contributed by atoms with van der Waals surface area (Å²) in [4.78, 5) is 4.29. The highest BCUT2D eigenvalue weighted by atomic mass is 14.9.